The summed E-state index contributed by atoms with van der Waals surface area (Å²) >= 11 is 6.74. The van der Waals surface area contributed by atoms with Gasteiger partial charge >= 0.3 is 0 Å². The van der Waals surface area contributed by atoms with Gasteiger partial charge in [-0.2, -0.15) is 5.26 Å². The Morgan fingerprint density at radius 1 is 1.25 bits per heavy atom. The number of aromatic nitrogens is 1. The Morgan fingerprint density at radius 3 is 2.46 bits per heavy atom. The molecule has 0 aliphatic rings. The lowest BCUT2D eigenvalue weighted by atomic mass is 10.2. The van der Waals surface area contributed by atoms with Crippen molar-refractivity contribution in [2.75, 3.05) is 24.2 Å². The average molecular weight is 415 g/mol. The van der Waals surface area contributed by atoms with Crippen LogP contribution in [0.25, 0.3) is 0 Å². The highest BCUT2D eigenvalue weighted by molar-refractivity contribution is 8.23. The Balaban J connectivity index is 2.20. The van der Waals surface area contributed by atoms with Gasteiger partial charge in [-0.3, -0.25) is 4.79 Å². The lowest BCUT2D eigenvalue weighted by Gasteiger charge is -2.20. The van der Waals surface area contributed by atoms with Gasteiger partial charge in [-0.25, -0.2) is 0 Å². The first kappa shape index (κ1) is 22.0. The van der Waals surface area contributed by atoms with Gasteiger partial charge in [0.1, 0.15) is 16.2 Å². The van der Waals surface area contributed by atoms with E-state index in [4.69, 9.17) is 12.2 Å². The Hall–Kier alpha value is -2.30. The molecular weight excluding hydrogens is 388 g/mol. The molecule has 0 radical (unpaired) electrons. The van der Waals surface area contributed by atoms with Crippen molar-refractivity contribution in [2.45, 2.75) is 34.2 Å². The number of hydrogen-bond acceptors (Lipinski definition) is 4. The van der Waals surface area contributed by atoms with Crippen LogP contribution in [0.5, 0.6) is 0 Å². The fourth-order valence-corrected chi connectivity index (χ4v) is 4.17. The molecule has 1 amide bonds. The molecule has 1 N–H and O–H groups in total. The number of nitriles is 1. The summed E-state index contributed by atoms with van der Waals surface area (Å²) in [5, 5.41) is 12.6. The van der Waals surface area contributed by atoms with Crippen molar-refractivity contribution >= 4 is 40.0 Å². The number of nitrogens with one attached hydrogen (secondary N) is 1. The minimum atomic E-state index is -0.164. The van der Waals surface area contributed by atoms with Gasteiger partial charge in [0.05, 0.1) is 11.3 Å². The molecule has 1 heterocycles. The van der Waals surface area contributed by atoms with Crippen molar-refractivity contribution in [3.05, 3.63) is 52.7 Å². The highest BCUT2D eigenvalue weighted by atomic mass is 32.2. The number of carbonyl (C=O) groups is 1. The molecule has 0 saturated heterocycles. The van der Waals surface area contributed by atoms with Crippen LogP contribution in [0.2, 0.25) is 0 Å². The van der Waals surface area contributed by atoms with E-state index in [9.17, 15) is 10.1 Å². The zero-order chi connectivity index (χ0) is 20.7. The van der Waals surface area contributed by atoms with Gasteiger partial charge in [0.25, 0.3) is 0 Å². The first-order valence-corrected chi connectivity index (χ1v) is 10.7. The maximum absolute atomic E-state index is 12.6. The van der Waals surface area contributed by atoms with E-state index < -0.39 is 0 Å². The second kappa shape index (κ2) is 10.3. The van der Waals surface area contributed by atoms with Crippen LogP contribution >= 0.6 is 24.0 Å². The number of rotatable bonds is 7. The lowest BCUT2D eigenvalue weighted by molar-refractivity contribution is -0.113. The van der Waals surface area contributed by atoms with E-state index in [0.29, 0.717) is 22.2 Å². The molecule has 2 rings (SSSR count). The molecule has 1 aromatic heterocycles. The van der Waals surface area contributed by atoms with Crippen molar-refractivity contribution in [1.29, 1.82) is 5.26 Å². The average Bonchev–Trinajstić information content (AvgIpc) is 2.92. The van der Waals surface area contributed by atoms with Crippen LogP contribution < -0.4 is 5.32 Å². The van der Waals surface area contributed by atoms with E-state index in [1.54, 1.807) is 0 Å². The molecule has 0 atom stereocenters. The van der Waals surface area contributed by atoms with Gasteiger partial charge in [0, 0.05) is 25.3 Å². The number of amides is 1. The smallest absolute Gasteiger partial charge is 0.235 e. The standard InChI is InChI=1S/C21H26N4OS2/c1-5-24(6-2)21(27)28-14-19(26)23-20-18(12-22)15(3)16(4)25(20)13-17-10-8-7-9-11-17/h7-11H,5-6,13-14H2,1-4H3,(H,23,26). The van der Waals surface area contributed by atoms with Crippen LogP contribution in [0.4, 0.5) is 5.82 Å². The molecule has 7 heteroatoms. The number of carbonyl (C=O) groups excluding carboxylic acids is 1. The van der Waals surface area contributed by atoms with Crippen LogP contribution in [0, 0.1) is 25.2 Å². The van der Waals surface area contributed by atoms with Crippen LogP contribution in [-0.4, -0.2) is 38.5 Å². The fourth-order valence-electron chi connectivity index (χ4n) is 2.96. The summed E-state index contributed by atoms with van der Waals surface area (Å²) in [5.74, 6) is 0.609. The minimum absolute atomic E-state index is 0.164. The Labute approximate surface area is 176 Å². The van der Waals surface area contributed by atoms with Crippen molar-refractivity contribution < 1.29 is 4.79 Å². The molecule has 0 unspecified atom stereocenters. The van der Waals surface area contributed by atoms with Gasteiger partial charge in [-0.1, -0.05) is 54.3 Å². The van der Waals surface area contributed by atoms with Gasteiger partial charge in [-0.05, 0) is 38.8 Å². The number of anilines is 1. The topological polar surface area (TPSA) is 61.1 Å². The molecule has 2 aromatic rings. The Bertz CT molecular complexity index is 880. The summed E-state index contributed by atoms with van der Waals surface area (Å²) in [6.45, 7) is 10.2. The zero-order valence-electron chi connectivity index (χ0n) is 16.8. The summed E-state index contributed by atoms with van der Waals surface area (Å²) in [4.78, 5) is 14.6. The molecule has 0 saturated carbocycles. The van der Waals surface area contributed by atoms with E-state index in [-0.39, 0.29) is 11.7 Å². The third kappa shape index (κ3) is 5.15. The molecule has 0 bridgehead atoms. The highest BCUT2D eigenvalue weighted by Crippen LogP contribution is 2.27. The largest absolute Gasteiger partial charge is 0.358 e. The van der Waals surface area contributed by atoms with Gasteiger partial charge in [0.2, 0.25) is 5.91 Å². The van der Waals surface area contributed by atoms with Crippen LogP contribution in [0.1, 0.15) is 36.2 Å². The Morgan fingerprint density at radius 2 is 1.89 bits per heavy atom. The summed E-state index contributed by atoms with van der Waals surface area (Å²) in [7, 11) is 0. The van der Waals surface area contributed by atoms with E-state index in [2.05, 4.69) is 11.4 Å². The summed E-state index contributed by atoms with van der Waals surface area (Å²) in [5.41, 5.74) is 3.48. The molecule has 5 nitrogen and oxygen atoms in total. The Kier molecular flexibility index (Phi) is 8.09. The number of nitrogens with zero attached hydrogens (tertiary/aromatic N) is 3. The predicted molar refractivity (Wildman–Crippen MR) is 121 cm³/mol. The van der Waals surface area contributed by atoms with Crippen molar-refractivity contribution in [2.24, 2.45) is 0 Å². The molecule has 0 spiro atoms. The SMILES string of the molecule is CCN(CC)C(=S)SCC(=O)Nc1c(C#N)c(C)c(C)n1Cc1ccccc1. The number of hydrogen-bond donors (Lipinski definition) is 1. The van der Waals surface area contributed by atoms with Crippen LogP contribution in [0.15, 0.2) is 30.3 Å². The molecule has 28 heavy (non-hydrogen) atoms. The van der Waals surface area contributed by atoms with Crippen molar-refractivity contribution in [1.82, 2.24) is 9.47 Å². The normalized spacial score (nSPS) is 10.4. The second-order valence-electron chi connectivity index (χ2n) is 6.39. The molecule has 1 aromatic carbocycles. The first-order valence-electron chi connectivity index (χ1n) is 9.28. The van der Waals surface area contributed by atoms with Crippen LogP contribution in [0.3, 0.4) is 0 Å². The van der Waals surface area contributed by atoms with Gasteiger partial charge in [0.15, 0.2) is 0 Å². The molecule has 148 valence electrons. The van der Waals surface area contributed by atoms with E-state index in [1.165, 1.54) is 11.8 Å². The summed E-state index contributed by atoms with van der Waals surface area (Å²) in [6.07, 6.45) is 0. The second-order valence-corrected chi connectivity index (χ2v) is 8.00. The number of benzene rings is 1. The molecule has 0 aliphatic heterocycles. The predicted octanol–water partition coefficient (Wildman–Crippen LogP) is 4.32. The molecular formula is C21H26N4OS2. The van der Waals surface area contributed by atoms with Crippen molar-refractivity contribution in [3.63, 3.8) is 0 Å². The number of thioether (sulfide) groups is 1. The monoisotopic (exact) mass is 414 g/mol. The zero-order valence-corrected chi connectivity index (χ0v) is 18.4. The molecule has 0 fully saturated rings. The maximum Gasteiger partial charge on any atom is 0.235 e. The molecule has 0 aliphatic carbocycles. The fraction of sp³-hybridized carbons (Fsp3) is 0.381. The number of thiocarbonyl (C=S) groups is 1. The highest BCUT2D eigenvalue weighted by Gasteiger charge is 2.20. The van der Waals surface area contributed by atoms with Gasteiger partial charge in [-0.15, -0.1) is 0 Å². The first-order chi connectivity index (χ1) is 13.4. The van der Waals surface area contributed by atoms with Crippen LogP contribution in [-0.2, 0) is 11.3 Å². The van der Waals surface area contributed by atoms with E-state index in [0.717, 1.165) is 29.9 Å². The lowest BCUT2D eigenvalue weighted by Crippen LogP contribution is -2.28. The summed E-state index contributed by atoms with van der Waals surface area (Å²) in [6, 6.07) is 12.2. The third-order valence-electron chi connectivity index (χ3n) is 4.73. The van der Waals surface area contributed by atoms with E-state index in [1.807, 2.05) is 67.5 Å². The third-order valence-corrected chi connectivity index (χ3v) is 6.25. The maximum atomic E-state index is 12.6. The van der Waals surface area contributed by atoms with Crippen molar-refractivity contribution in [3.8, 4) is 6.07 Å². The van der Waals surface area contributed by atoms with Gasteiger partial charge < -0.3 is 14.8 Å². The summed E-state index contributed by atoms with van der Waals surface area (Å²) < 4.78 is 2.71. The quantitative estimate of drug-likeness (QED) is 0.684. The van der Waals surface area contributed by atoms with E-state index >= 15 is 0 Å². The minimum Gasteiger partial charge on any atom is -0.358 e.